The van der Waals surface area contributed by atoms with Gasteiger partial charge in [0.2, 0.25) is 5.91 Å². The van der Waals surface area contributed by atoms with Gasteiger partial charge in [0.25, 0.3) is 0 Å². The maximum absolute atomic E-state index is 12.3. The van der Waals surface area contributed by atoms with E-state index in [1.54, 1.807) is 4.90 Å². The van der Waals surface area contributed by atoms with Gasteiger partial charge < -0.3 is 14.7 Å². The van der Waals surface area contributed by atoms with Crippen LogP contribution in [0, 0.1) is 6.92 Å². The number of aryl methyl sites for hydroxylation is 1. The number of morpholine rings is 1. The highest BCUT2D eigenvalue weighted by molar-refractivity contribution is 8.00. The highest BCUT2D eigenvalue weighted by atomic mass is 32.2. The number of hydrogen-bond donors (Lipinski definition) is 1. The molecule has 0 bridgehead atoms. The summed E-state index contributed by atoms with van der Waals surface area (Å²) >= 11 is 1.47. The molecule has 1 saturated heterocycles. The molecule has 1 amide bonds. The first-order valence-corrected chi connectivity index (χ1v) is 7.83. The fraction of sp³-hybridized carbons (Fsp3) is 0.467. The molecule has 0 radical (unpaired) electrons. The Hall–Kier alpha value is -1.53. The van der Waals surface area contributed by atoms with Crippen molar-refractivity contribution in [1.82, 2.24) is 4.90 Å². The number of aliphatic carboxylic acids is 1. The number of nitrogens with zero attached hydrogens (tertiary/aromatic N) is 1. The quantitative estimate of drug-likeness (QED) is 0.840. The average molecular weight is 309 g/mol. The first-order chi connectivity index (χ1) is 10.1. The Balaban J connectivity index is 1.91. The van der Waals surface area contributed by atoms with Crippen LogP contribution in [0.4, 0.5) is 0 Å². The van der Waals surface area contributed by atoms with Crippen molar-refractivity contribution < 1.29 is 19.4 Å². The topological polar surface area (TPSA) is 66.8 Å². The number of carbonyl (C=O) groups excluding carboxylic acids is 1. The molecule has 21 heavy (non-hydrogen) atoms. The normalized spacial score (nSPS) is 18.5. The van der Waals surface area contributed by atoms with E-state index in [2.05, 4.69) is 0 Å². The monoisotopic (exact) mass is 309 g/mol. The Labute approximate surface area is 128 Å². The van der Waals surface area contributed by atoms with Crippen molar-refractivity contribution in [3.8, 4) is 0 Å². The molecule has 0 aromatic heterocycles. The van der Waals surface area contributed by atoms with Crippen LogP contribution in [0.3, 0.4) is 0 Å². The predicted octanol–water partition coefficient (Wildman–Crippen LogP) is 1.79. The van der Waals surface area contributed by atoms with Gasteiger partial charge in [-0.1, -0.05) is 17.7 Å². The summed E-state index contributed by atoms with van der Waals surface area (Å²) < 4.78 is 5.28. The molecule has 5 nitrogen and oxygen atoms in total. The predicted molar refractivity (Wildman–Crippen MR) is 80.5 cm³/mol. The van der Waals surface area contributed by atoms with Crippen LogP contribution in [-0.2, 0) is 14.3 Å². The maximum Gasteiger partial charge on any atom is 0.305 e. The Kier molecular flexibility index (Phi) is 5.64. The first kappa shape index (κ1) is 15.9. The lowest BCUT2D eigenvalue weighted by molar-refractivity contribution is -0.144. The molecule has 1 aliphatic rings. The standard InChI is InChI=1S/C15H19NO4S/c1-11-2-4-13(5-3-11)21-10-14(17)16-6-7-20-9-12(16)8-15(18)19/h2-5,12H,6-10H2,1H3,(H,18,19). The van der Waals surface area contributed by atoms with Gasteiger partial charge in [-0.2, -0.15) is 0 Å². The molecule has 0 aliphatic carbocycles. The van der Waals surface area contributed by atoms with Crippen molar-refractivity contribution in [3.63, 3.8) is 0 Å². The second kappa shape index (κ2) is 7.47. The van der Waals surface area contributed by atoms with Gasteiger partial charge in [0.1, 0.15) is 0 Å². The van der Waals surface area contributed by atoms with Gasteiger partial charge in [0, 0.05) is 11.4 Å². The third-order valence-electron chi connectivity index (χ3n) is 3.34. The molecule has 0 spiro atoms. The number of rotatable bonds is 5. The molecule has 0 saturated carbocycles. The van der Waals surface area contributed by atoms with E-state index in [0.29, 0.717) is 25.5 Å². The minimum absolute atomic E-state index is 0.0323. The molecule has 1 aliphatic heterocycles. The first-order valence-electron chi connectivity index (χ1n) is 6.85. The molecule has 2 rings (SSSR count). The zero-order valence-electron chi connectivity index (χ0n) is 11.9. The van der Waals surface area contributed by atoms with Crippen molar-refractivity contribution in [2.24, 2.45) is 0 Å². The van der Waals surface area contributed by atoms with E-state index in [9.17, 15) is 9.59 Å². The van der Waals surface area contributed by atoms with Crippen molar-refractivity contribution >= 4 is 23.6 Å². The highest BCUT2D eigenvalue weighted by Gasteiger charge is 2.28. The zero-order chi connectivity index (χ0) is 15.2. The summed E-state index contributed by atoms with van der Waals surface area (Å²) in [5.74, 6) is -0.622. The Morgan fingerprint density at radius 3 is 2.76 bits per heavy atom. The number of amides is 1. The highest BCUT2D eigenvalue weighted by Crippen LogP contribution is 2.20. The molecule has 1 aromatic rings. The van der Waals surface area contributed by atoms with E-state index in [0.717, 1.165) is 4.90 Å². The zero-order valence-corrected chi connectivity index (χ0v) is 12.8. The summed E-state index contributed by atoms with van der Waals surface area (Å²) in [5.41, 5.74) is 1.18. The summed E-state index contributed by atoms with van der Waals surface area (Å²) in [4.78, 5) is 25.8. The van der Waals surface area contributed by atoms with Crippen LogP contribution >= 0.6 is 11.8 Å². The number of hydrogen-bond acceptors (Lipinski definition) is 4. The molecule has 1 aromatic carbocycles. The van der Waals surface area contributed by atoms with Gasteiger partial charge in [0.05, 0.1) is 31.4 Å². The Morgan fingerprint density at radius 1 is 1.38 bits per heavy atom. The van der Waals surface area contributed by atoms with Crippen LogP contribution in [0.15, 0.2) is 29.2 Å². The third kappa shape index (κ3) is 4.75. The number of benzene rings is 1. The van der Waals surface area contributed by atoms with E-state index in [1.165, 1.54) is 17.3 Å². The number of carbonyl (C=O) groups is 2. The van der Waals surface area contributed by atoms with Crippen molar-refractivity contribution in [2.75, 3.05) is 25.5 Å². The molecule has 1 N–H and O–H groups in total. The van der Waals surface area contributed by atoms with E-state index in [1.807, 2.05) is 31.2 Å². The van der Waals surface area contributed by atoms with Crippen LogP contribution in [0.5, 0.6) is 0 Å². The summed E-state index contributed by atoms with van der Waals surface area (Å²) in [6, 6.07) is 7.63. The summed E-state index contributed by atoms with van der Waals surface area (Å²) in [6.07, 6.45) is -0.0685. The molecular formula is C15H19NO4S. The van der Waals surface area contributed by atoms with Crippen LogP contribution in [0.1, 0.15) is 12.0 Å². The summed E-state index contributed by atoms with van der Waals surface area (Å²) in [7, 11) is 0. The minimum Gasteiger partial charge on any atom is -0.481 e. The lowest BCUT2D eigenvalue weighted by Crippen LogP contribution is -2.50. The van der Waals surface area contributed by atoms with Gasteiger partial charge in [-0.25, -0.2) is 0 Å². The van der Waals surface area contributed by atoms with E-state index < -0.39 is 5.97 Å². The molecule has 114 valence electrons. The van der Waals surface area contributed by atoms with E-state index in [-0.39, 0.29) is 18.4 Å². The minimum atomic E-state index is -0.908. The second-order valence-electron chi connectivity index (χ2n) is 5.02. The fourth-order valence-corrected chi connectivity index (χ4v) is 3.00. The van der Waals surface area contributed by atoms with Crippen LogP contribution in [0.2, 0.25) is 0 Å². The average Bonchev–Trinajstić information content (AvgIpc) is 2.46. The number of carboxylic acids is 1. The molecule has 1 unspecified atom stereocenters. The number of ether oxygens (including phenoxy) is 1. The largest absolute Gasteiger partial charge is 0.481 e. The molecule has 6 heteroatoms. The lowest BCUT2D eigenvalue weighted by Gasteiger charge is -2.34. The fourth-order valence-electron chi connectivity index (χ4n) is 2.22. The molecule has 1 fully saturated rings. The van der Waals surface area contributed by atoms with Crippen LogP contribution < -0.4 is 0 Å². The maximum atomic E-state index is 12.3. The van der Waals surface area contributed by atoms with Crippen LogP contribution in [-0.4, -0.2) is 53.4 Å². The summed E-state index contributed by atoms with van der Waals surface area (Å²) in [5, 5.41) is 8.90. The van der Waals surface area contributed by atoms with Crippen molar-refractivity contribution in [3.05, 3.63) is 29.8 Å². The van der Waals surface area contributed by atoms with Gasteiger partial charge >= 0.3 is 5.97 Å². The Bertz CT molecular complexity index is 503. The van der Waals surface area contributed by atoms with Crippen molar-refractivity contribution in [2.45, 2.75) is 24.3 Å². The lowest BCUT2D eigenvalue weighted by atomic mass is 10.1. The molecular weight excluding hydrogens is 290 g/mol. The van der Waals surface area contributed by atoms with E-state index in [4.69, 9.17) is 9.84 Å². The summed E-state index contributed by atoms with van der Waals surface area (Å²) in [6.45, 7) is 3.25. The van der Waals surface area contributed by atoms with Crippen LogP contribution in [0.25, 0.3) is 0 Å². The van der Waals surface area contributed by atoms with Crippen molar-refractivity contribution in [1.29, 1.82) is 0 Å². The second-order valence-corrected chi connectivity index (χ2v) is 6.06. The van der Waals surface area contributed by atoms with Gasteiger partial charge in [0.15, 0.2) is 0 Å². The smallest absolute Gasteiger partial charge is 0.305 e. The van der Waals surface area contributed by atoms with Gasteiger partial charge in [-0.3, -0.25) is 9.59 Å². The third-order valence-corrected chi connectivity index (χ3v) is 4.34. The van der Waals surface area contributed by atoms with Gasteiger partial charge in [-0.05, 0) is 19.1 Å². The van der Waals surface area contributed by atoms with E-state index >= 15 is 0 Å². The number of carboxylic acid groups (broad SMARTS) is 1. The SMILES string of the molecule is Cc1ccc(SCC(=O)N2CCOCC2CC(=O)O)cc1. The van der Waals surface area contributed by atoms with Gasteiger partial charge in [-0.15, -0.1) is 11.8 Å². The Morgan fingerprint density at radius 2 is 2.10 bits per heavy atom. The molecule has 1 atom stereocenters. The number of thioether (sulfide) groups is 1. The molecule has 1 heterocycles.